The number of aliphatic hydroxyl groups is 1. The summed E-state index contributed by atoms with van der Waals surface area (Å²) >= 11 is 0. The van der Waals surface area contributed by atoms with Gasteiger partial charge >= 0.3 is 0 Å². The Morgan fingerprint density at radius 1 is 1.32 bits per heavy atom. The van der Waals surface area contributed by atoms with E-state index < -0.39 is 0 Å². The zero-order chi connectivity index (χ0) is 13.7. The molecule has 0 unspecified atom stereocenters. The zero-order valence-corrected chi connectivity index (χ0v) is 11.1. The van der Waals surface area contributed by atoms with Gasteiger partial charge in [0, 0.05) is 18.8 Å². The minimum absolute atomic E-state index is 0.0550. The number of nitrogens with zero attached hydrogens (tertiary/aromatic N) is 3. The van der Waals surface area contributed by atoms with E-state index in [4.69, 9.17) is 9.94 Å². The summed E-state index contributed by atoms with van der Waals surface area (Å²) in [5, 5.41) is 17.1. The van der Waals surface area contributed by atoms with Crippen LogP contribution in [-0.4, -0.2) is 20.6 Å². The standard InChI is InChI=1S/C14H17N3O2/c1-11(14-7-15-17(2)8-14)16-19-10-13-5-3-12(9-18)4-6-13/h3-8,18H,9-10H2,1-2H3/b16-11-. The molecule has 0 amide bonds. The first-order chi connectivity index (χ1) is 9.19. The van der Waals surface area contributed by atoms with Crippen LogP contribution in [0.3, 0.4) is 0 Å². The van der Waals surface area contributed by atoms with Gasteiger partial charge in [0.2, 0.25) is 0 Å². The van der Waals surface area contributed by atoms with E-state index >= 15 is 0 Å². The van der Waals surface area contributed by atoms with Crippen LogP contribution < -0.4 is 0 Å². The first kappa shape index (κ1) is 13.3. The topological polar surface area (TPSA) is 59.6 Å². The summed E-state index contributed by atoms with van der Waals surface area (Å²) in [4.78, 5) is 5.31. The first-order valence-corrected chi connectivity index (χ1v) is 6.03. The van der Waals surface area contributed by atoms with Crippen molar-refractivity contribution < 1.29 is 9.94 Å². The Bertz CT molecular complexity index is 558. The number of rotatable bonds is 5. The number of aromatic nitrogens is 2. The molecule has 0 fully saturated rings. The molecule has 0 aliphatic rings. The number of hydrogen-bond donors (Lipinski definition) is 1. The predicted octanol–water partition coefficient (Wildman–Crippen LogP) is 1.85. The number of aryl methyl sites for hydroxylation is 1. The Balaban J connectivity index is 1.91. The first-order valence-electron chi connectivity index (χ1n) is 6.03. The second-order valence-corrected chi connectivity index (χ2v) is 4.33. The molecule has 0 aliphatic carbocycles. The van der Waals surface area contributed by atoms with Gasteiger partial charge in [0.1, 0.15) is 6.61 Å². The molecule has 2 rings (SSSR count). The third kappa shape index (κ3) is 3.66. The SMILES string of the molecule is C/C(=N/OCc1ccc(CO)cc1)c1cnn(C)c1. The molecular weight excluding hydrogens is 242 g/mol. The van der Waals surface area contributed by atoms with Gasteiger partial charge in [0.05, 0.1) is 18.5 Å². The fraction of sp³-hybridized carbons (Fsp3) is 0.286. The molecule has 1 heterocycles. The second-order valence-electron chi connectivity index (χ2n) is 4.33. The normalized spacial score (nSPS) is 11.6. The highest BCUT2D eigenvalue weighted by Gasteiger charge is 2.00. The second kappa shape index (κ2) is 6.15. The Morgan fingerprint density at radius 2 is 2.00 bits per heavy atom. The Hall–Kier alpha value is -2.14. The molecule has 100 valence electrons. The molecular formula is C14H17N3O2. The van der Waals surface area contributed by atoms with E-state index in [2.05, 4.69) is 10.3 Å². The molecule has 5 nitrogen and oxygen atoms in total. The molecule has 1 N–H and O–H groups in total. The van der Waals surface area contributed by atoms with Crippen LogP contribution in [0.1, 0.15) is 23.6 Å². The summed E-state index contributed by atoms with van der Waals surface area (Å²) in [5.41, 5.74) is 3.64. The molecule has 0 saturated heterocycles. The molecule has 0 saturated carbocycles. The lowest BCUT2D eigenvalue weighted by atomic mass is 10.1. The van der Waals surface area contributed by atoms with E-state index in [1.807, 2.05) is 44.4 Å². The van der Waals surface area contributed by atoms with Crippen molar-refractivity contribution in [1.29, 1.82) is 0 Å². The predicted molar refractivity (Wildman–Crippen MR) is 72.6 cm³/mol. The van der Waals surface area contributed by atoms with Crippen LogP contribution in [0.4, 0.5) is 0 Å². The molecule has 0 bridgehead atoms. The van der Waals surface area contributed by atoms with Gasteiger partial charge in [-0.1, -0.05) is 29.4 Å². The van der Waals surface area contributed by atoms with Crippen LogP contribution in [0.2, 0.25) is 0 Å². The van der Waals surface area contributed by atoms with Crippen molar-refractivity contribution in [3.63, 3.8) is 0 Å². The van der Waals surface area contributed by atoms with Gasteiger partial charge in [-0.05, 0) is 18.1 Å². The fourth-order valence-corrected chi connectivity index (χ4v) is 1.61. The highest BCUT2D eigenvalue weighted by atomic mass is 16.6. The zero-order valence-electron chi connectivity index (χ0n) is 11.1. The highest BCUT2D eigenvalue weighted by Crippen LogP contribution is 2.07. The van der Waals surface area contributed by atoms with Crippen molar-refractivity contribution in [3.05, 3.63) is 53.3 Å². The van der Waals surface area contributed by atoms with Crippen molar-refractivity contribution in [2.45, 2.75) is 20.1 Å². The van der Waals surface area contributed by atoms with Gasteiger partial charge in [0.25, 0.3) is 0 Å². The summed E-state index contributed by atoms with van der Waals surface area (Å²) in [7, 11) is 1.86. The summed E-state index contributed by atoms with van der Waals surface area (Å²) < 4.78 is 1.72. The third-order valence-corrected chi connectivity index (χ3v) is 2.76. The Labute approximate surface area is 112 Å². The van der Waals surface area contributed by atoms with E-state index in [1.165, 1.54) is 0 Å². The number of hydrogen-bond acceptors (Lipinski definition) is 4. The van der Waals surface area contributed by atoms with Crippen LogP contribution in [0.15, 0.2) is 41.8 Å². The maximum atomic E-state index is 8.94. The monoisotopic (exact) mass is 259 g/mol. The van der Waals surface area contributed by atoms with Crippen LogP contribution >= 0.6 is 0 Å². The van der Waals surface area contributed by atoms with Gasteiger partial charge in [0.15, 0.2) is 0 Å². The Morgan fingerprint density at radius 3 is 2.58 bits per heavy atom. The number of aliphatic hydroxyl groups excluding tert-OH is 1. The van der Waals surface area contributed by atoms with Crippen LogP contribution in [0, 0.1) is 0 Å². The minimum atomic E-state index is 0.0550. The molecule has 0 radical (unpaired) electrons. The van der Waals surface area contributed by atoms with E-state index in [0.29, 0.717) is 6.61 Å². The molecule has 5 heteroatoms. The van der Waals surface area contributed by atoms with E-state index in [0.717, 1.165) is 22.4 Å². The van der Waals surface area contributed by atoms with Gasteiger partial charge in [-0.25, -0.2) is 0 Å². The molecule has 0 spiro atoms. The van der Waals surface area contributed by atoms with Gasteiger partial charge in [-0.2, -0.15) is 5.10 Å². The van der Waals surface area contributed by atoms with E-state index in [1.54, 1.807) is 10.9 Å². The van der Waals surface area contributed by atoms with E-state index in [9.17, 15) is 0 Å². The van der Waals surface area contributed by atoms with Crippen molar-refractivity contribution in [2.24, 2.45) is 12.2 Å². The van der Waals surface area contributed by atoms with Crippen LogP contribution in [0.25, 0.3) is 0 Å². The maximum absolute atomic E-state index is 8.94. The molecule has 19 heavy (non-hydrogen) atoms. The lowest BCUT2D eigenvalue weighted by Gasteiger charge is -2.02. The maximum Gasteiger partial charge on any atom is 0.142 e. The number of benzene rings is 1. The summed E-state index contributed by atoms with van der Waals surface area (Å²) in [6.45, 7) is 2.34. The summed E-state index contributed by atoms with van der Waals surface area (Å²) in [6, 6.07) is 7.58. The molecule has 0 atom stereocenters. The van der Waals surface area contributed by atoms with E-state index in [-0.39, 0.29) is 6.61 Å². The lowest BCUT2D eigenvalue weighted by molar-refractivity contribution is 0.130. The van der Waals surface area contributed by atoms with Crippen molar-refractivity contribution >= 4 is 5.71 Å². The average molecular weight is 259 g/mol. The van der Waals surface area contributed by atoms with Crippen molar-refractivity contribution in [2.75, 3.05) is 0 Å². The highest BCUT2D eigenvalue weighted by molar-refractivity contribution is 5.97. The quantitative estimate of drug-likeness (QED) is 0.658. The van der Waals surface area contributed by atoms with Crippen LogP contribution in [-0.2, 0) is 25.1 Å². The van der Waals surface area contributed by atoms with Crippen molar-refractivity contribution in [1.82, 2.24) is 9.78 Å². The summed E-state index contributed by atoms with van der Waals surface area (Å²) in [6.07, 6.45) is 3.64. The lowest BCUT2D eigenvalue weighted by Crippen LogP contribution is -1.96. The average Bonchev–Trinajstić information content (AvgIpc) is 2.86. The molecule has 2 aromatic rings. The van der Waals surface area contributed by atoms with Gasteiger partial charge in [-0.3, -0.25) is 4.68 Å². The summed E-state index contributed by atoms with van der Waals surface area (Å²) in [5.74, 6) is 0. The molecule has 1 aromatic heterocycles. The molecule has 0 aliphatic heterocycles. The van der Waals surface area contributed by atoms with Gasteiger partial charge in [-0.15, -0.1) is 0 Å². The van der Waals surface area contributed by atoms with Gasteiger partial charge < -0.3 is 9.94 Å². The van der Waals surface area contributed by atoms with Crippen LogP contribution in [0.5, 0.6) is 0 Å². The minimum Gasteiger partial charge on any atom is -0.392 e. The third-order valence-electron chi connectivity index (χ3n) is 2.76. The Kier molecular flexibility index (Phi) is 4.30. The smallest absolute Gasteiger partial charge is 0.142 e. The fourth-order valence-electron chi connectivity index (χ4n) is 1.61. The largest absolute Gasteiger partial charge is 0.392 e. The van der Waals surface area contributed by atoms with Crippen molar-refractivity contribution in [3.8, 4) is 0 Å². The number of oxime groups is 1. The molecule has 1 aromatic carbocycles.